The minimum Gasteiger partial charge on any atom is -0.497 e. The van der Waals surface area contributed by atoms with Gasteiger partial charge >= 0.3 is 0 Å². The molecule has 0 bridgehead atoms. The van der Waals surface area contributed by atoms with E-state index in [2.05, 4.69) is 57.0 Å². The maximum Gasteiger partial charge on any atom is 0.229 e. The Kier molecular flexibility index (Phi) is 8.18. The van der Waals surface area contributed by atoms with Gasteiger partial charge in [0.25, 0.3) is 0 Å². The Morgan fingerprint density at radius 3 is 2.12 bits per heavy atom. The number of fused-ring (bicyclic) bond motifs is 2. The number of ether oxygens (including phenoxy) is 2. The first-order valence-electron chi connectivity index (χ1n) is 16.6. The number of hydrogen-bond acceptors (Lipinski definition) is 8. The number of rotatable bonds is 11. The number of nitrogens with zero attached hydrogens (tertiary/aromatic N) is 3. The molecule has 1 aliphatic rings. The molecule has 1 amide bonds. The minimum atomic E-state index is -0.835. The van der Waals surface area contributed by atoms with Gasteiger partial charge in [-0.15, -0.1) is 0 Å². The quantitative estimate of drug-likeness (QED) is 0.134. The largest absolute Gasteiger partial charge is 0.497 e. The Morgan fingerprint density at radius 2 is 1.50 bits per heavy atom. The van der Waals surface area contributed by atoms with E-state index < -0.39 is 5.60 Å². The average Bonchev–Trinajstić information content (AvgIpc) is 3.84. The number of oxazole rings is 1. The van der Waals surface area contributed by atoms with E-state index >= 15 is 0 Å². The first-order valence-corrected chi connectivity index (χ1v) is 16.6. The van der Waals surface area contributed by atoms with Crippen molar-refractivity contribution in [3.8, 4) is 17.2 Å². The van der Waals surface area contributed by atoms with E-state index in [0.717, 1.165) is 33.9 Å². The number of methoxy groups -OCH3 is 1. The van der Waals surface area contributed by atoms with Crippen molar-refractivity contribution in [2.75, 3.05) is 31.4 Å². The zero-order chi connectivity index (χ0) is 34.1. The predicted octanol–water partition coefficient (Wildman–Crippen LogP) is 8.07. The van der Waals surface area contributed by atoms with E-state index in [0.29, 0.717) is 46.5 Å². The van der Waals surface area contributed by atoms with Gasteiger partial charge in [0.15, 0.2) is 5.58 Å². The summed E-state index contributed by atoms with van der Waals surface area (Å²) < 4.78 is 18.5. The third kappa shape index (κ3) is 5.71. The van der Waals surface area contributed by atoms with Crippen LogP contribution in [0, 0.1) is 11.8 Å². The fraction of sp³-hybridized carbons (Fsp3) is 0.171. The van der Waals surface area contributed by atoms with Crippen LogP contribution in [0.3, 0.4) is 0 Å². The summed E-state index contributed by atoms with van der Waals surface area (Å²) in [6.07, 6.45) is 4.15. The highest BCUT2D eigenvalue weighted by Crippen LogP contribution is 2.45. The zero-order valence-electron chi connectivity index (χ0n) is 27.7. The second-order valence-corrected chi connectivity index (χ2v) is 12.4. The highest BCUT2D eigenvalue weighted by atomic mass is 16.5. The van der Waals surface area contributed by atoms with Crippen LogP contribution in [-0.2, 0) is 15.1 Å². The maximum atomic E-state index is 13.6. The molecule has 3 heterocycles. The van der Waals surface area contributed by atoms with Gasteiger partial charge in [0.05, 0.1) is 19.3 Å². The number of benzene rings is 4. The van der Waals surface area contributed by atoms with Gasteiger partial charge in [-0.3, -0.25) is 4.79 Å². The lowest BCUT2D eigenvalue weighted by atomic mass is 9.80. The number of hydrogen-bond donors (Lipinski definition) is 2. The fourth-order valence-corrected chi connectivity index (χ4v) is 6.69. The number of carbonyl (C=O) groups excluding carboxylic acids is 1. The molecule has 248 valence electrons. The molecule has 0 saturated heterocycles. The van der Waals surface area contributed by atoms with Crippen LogP contribution in [-0.4, -0.2) is 41.6 Å². The van der Waals surface area contributed by atoms with Crippen LogP contribution < -0.4 is 15.4 Å². The monoisotopic (exact) mass is 661 g/mol. The smallest absolute Gasteiger partial charge is 0.229 e. The van der Waals surface area contributed by atoms with Crippen LogP contribution in [0.1, 0.15) is 23.1 Å². The Morgan fingerprint density at radius 1 is 0.840 bits per heavy atom. The first kappa shape index (κ1) is 31.2. The second kappa shape index (κ2) is 13.1. The highest BCUT2D eigenvalue weighted by molar-refractivity contribution is 6.03. The fourth-order valence-electron chi connectivity index (χ4n) is 6.69. The Labute approximate surface area is 289 Å². The molecule has 0 spiro atoms. The van der Waals surface area contributed by atoms with Crippen molar-refractivity contribution >= 4 is 39.4 Å². The maximum absolute atomic E-state index is 13.6. The minimum absolute atomic E-state index is 0.0540. The van der Waals surface area contributed by atoms with Gasteiger partial charge in [0.2, 0.25) is 11.8 Å². The lowest BCUT2D eigenvalue weighted by Gasteiger charge is -2.36. The van der Waals surface area contributed by atoms with Crippen molar-refractivity contribution in [3.63, 3.8) is 0 Å². The standard InChI is InChI=1S/C41H35N5O4/c1-42-38-33-23-43-37(22-32(33)34(24-44-38)40-45-35-21-30(48-2)18-19-36(35)50-40)46-39(47)31-20-26(31)25-49-41(27-12-6-3-7-13-27,28-14-8-4-9-15-28)29-16-10-5-11-17-29/h3-19,21-24,26,31H,20,25H2,1-2H3,(H,42,44)(H,43,46,47)/t26-,31-/m1/s1. The summed E-state index contributed by atoms with van der Waals surface area (Å²) in [5.41, 5.74) is 4.25. The number of aromatic nitrogens is 3. The van der Waals surface area contributed by atoms with Gasteiger partial charge in [0, 0.05) is 42.2 Å². The number of carbonyl (C=O) groups is 1. The SMILES string of the molecule is CNc1ncc(-c2nc3cc(OC)ccc3o2)c2cc(NC(=O)[C@@H]3C[C@@H]3COC(c3ccccc3)(c3ccccc3)c3ccccc3)ncc12. The molecule has 1 fully saturated rings. The second-order valence-electron chi connectivity index (χ2n) is 12.4. The number of amides is 1. The number of anilines is 2. The molecule has 0 unspecified atom stereocenters. The summed E-state index contributed by atoms with van der Waals surface area (Å²) >= 11 is 0. The molecule has 8 rings (SSSR count). The summed E-state index contributed by atoms with van der Waals surface area (Å²) in [4.78, 5) is 27.5. The first-order chi connectivity index (χ1) is 24.6. The number of pyridine rings is 2. The van der Waals surface area contributed by atoms with Crippen molar-refractivity contribution < 1.29 is 18.7 Å². The summed E-state index contributed by atoms with van der Waals surface area (Å²) in [7, 11) is 3.42. The molecule has 50 heavy (non-hydrogen) atoms. The van der Waals surface area contributed by atoms with Gasteiger partial charge in [-0.05, 0) is 47.2 Å². The Hall–Kier alpha value is -6.06. The highest BCUT2D eigenvalue weighted by Gasteiger charge is 2.46. The molecular weight excluding hydrogens is 626 g/mol. The summed E-state index contributed by atoms with van der Waals surface area (Å²) in [5.74, 6) is 1.96. The zero-order valence-corrected chi connectivity index (χ0v) is 27.7. The molecular formula is C41H35N5O4. The summed E-state index contributed by atoms with van der Waals surface area (Å²) in [6, 6.07) is 38.2. The molecule has 3 aromatic heterocycles. The van der Waals surface area contributed by atoms with Crippen molar-refractivity contribution in [1.82, 2.24) is 15.0 Å². The van der Waals surface area contributed by atoms with Crippen molar-refractivity contribution in [3.05, 3.63) is 144 Å². The number of nitrogens with one attached hydrogen (secondary N) is 2. The lowest BCUT2D eigenvalue weighted by Crippen LogP contribution is -2.34. The van der Waals surface area contributed by atoms with Gasteiger partial charge in [-0.25, -0.2) is 15.0 Å². The van der Waals surface area contributed by atoms with Crippen LogP contribution in [0.5, 0.6) is 5.75 Å². The van der Waals surface area contributed by atoms with Gasteiger partial charge in [0.1, 0.15) is 28.5 Å². The van der Waals surface area contributed by atoms with E-state index in [1.54, 1.807) is 26.6 Å². The van der Waals surface area contributed by atoms with E-state index in [9.17, 15) is 4.79 Å². The molecule has 1 saturated carbocycles. The topological polar surface area (TPSA) is 111 Å². The molecule has 9 nitrogen and oxygen atoms in total. The third-order valence-corrected chi connectivity index (χ3v) is 9.40. The molecule has 0 radical (unpaired) electrons. The molecule has 1 aliphatic carbocycles. The van der Waals surface area contributed by atoms with E-state index in [-0.39, 0.29) is 17.7 Å². The molecule has 7 aromatic rings. The van der Waals surface area contributed by atoms with Crippen molar-refractivity contribution in [2.24, 2.45) is 11.8 Å². The van der Waals surface area contributed by atoms with Crippen molar-refractivity contribution in [1.29, 1.82) is 0 Å². The Balaban J connectivity index is 1.05. The van der Waals surface area contributed by atoms with Gasteiger partial charge < -0.3 is 24.5 Å². The summed E-state index contributed by atoms with van der Waals surface area (Å²) in [6.45, 7) is 0.409. The Bertz CT molecular complexity index is 2200. The van der Waals surface area contributed by atoms with E-state index in [1.807, 2.05) is 78.9 Å². The van der Waals surface area contributed by atoms with Crippen LogP contribution in [0.4, 0.5) is 11.6 Å². The van der Waals surface area contributed by atoms with Crippen molar-refractivity contribution in [2.45, 2.75) is 12.0 Å². The molecule has 4 aromatic carbocycles. The van der Waals surface area contributed by atoms with Crippen LogP contribution in [0.25, 0.3) is 33.3 Å². The van der Waals surface area contributed by atoms with Crippen LogP contribution in [0.15, 0.2) is 132 Å². The van der Waals surface area contributed by atoms with Crippen LogP contribution >= 0.6 is 0 Å². The average molecular weight is 662 g/mol. The molecule has 2 N–H and O–H groups in total. The van der Waals surface area contributed by atoms with Crippen LogP contribution in [0.2, 0.25) is 0 Å². The summed E-state index contributed by atoms with van der Waals surface area (Å²) in [5, 5.41) is 7.76. The van der Waals surface area contributed by atoms with E-state index in [1.165, 1.54) is 0 Å². The molecule has 0 aliphatic heterocycles. The third-order valence-electron chi connectivity index (χ3n) is 9.40. The normalized spacial score (nSPS) is 15.6. The predicted molar refractivity (Wildman–Crippen MR) is 194 cm³/mol. The lowest BCUT2D eigenvalue weighted by molar-refractivity contribution is -0.118. The molecule has 2 atom stereocenters. The van der Waals surface area contributed by atoms with Gasteiger partial charge in [-0.1, -0.05) is 91.0 Å². The molecule has 9 heteroatoms. The van der Waals surface area contributed by atoms with E-state index in [4.69, 9.17) is 18.9 Å². The van der Waals surface area contributed by atoms with Gasteiger partial charge in [-0.2, -0.15) is 0 Å².